The third kappa shape index (κ3) is 2.57. The van der Waals surface area contributed by atoms with E-state index in [1.807, 2.05) is 30.3 Å². The van der Waals surface area contributed by atoms with Gasteiger partial charge in [-0.15, -0.1) is 0 Å². The molecule has 2 heterocycles. The molecule has 4 aromatic rings. The van der Waals surface area contributed by atoms with Crippen LogP contribution in [0.25, 0.3) is 21.8 Å². The van der Waals surface area contributed by atoms with E-state index in [1.54, 1.807) is 6.92 Å². The molecule has 7 heteroatoms. The van der Waals surface area contributed by atoms with Crippen LogP contribution in [0, 0.1) is 6.92 Å². The number of amides is 1. The Hall–Kier alpha value is -3.35. The molecule has 0 unspecified atom stereocenters. The summed E-state index contributed by atoms with van der Waals surface area (Å²) in [6.45, 7) is 4.46. The third-order valence-corrected chi connectivity index (χ3v) is 4.54. The maximum atomic E-state index is 12.3. The summed E-state index contributed by atoms with van der Waals surface area (Å²) < 4.78 is 7.98. The highest BCUT2D eigenvalue weighted by Gasteiger charge is 2.13. The van der Waals surface area contributed by atoms with Gasteiger partial charge in [-0.25, -0.2) is 4.79 Å². The summed E-state index contributed by atoms with van der Waals surface area (Å²) in [6, 6.07) is 14.0. The van der Waals surface area contributed by atoms with Crippen molar-refractivity contribution in [2.45, 2.75) is 26.9 Å². The maximum absolute atomic E-state index is 12.3. The van der Waals surface area contributed by atoms with Crippen molar-refractivity contribution in [3.05, 3.63) is 58.8 Å². The number of nitrogens with one attached hydrogen (secondary N) is 1. The standard InChI is InChI=1S/C19H18N4O3/c1-3-22-16-7-5-4-6-14(16)15-10-13(8-9-17(15)22)20-18(24)11-23-12(2)21-26-19(23)25/h4-10H,3,11H2,1-2H3,(H,20,24). The van der Waals surface area contributed by atoms with E-state index in [2.05, 4.69) is 38.6 Å². The van der Waals surface area contributed by atoms with Gasteiger partial charge in [0, 0.05) is 34.0 Å². The van der Waals surface area contributed by atoms with E-state index in [-0.39, 0.29) is 12.5 Å². The van der Waals surface area contributed by atoms with Gasteiger partial charge < -0.3 is 9.88 Å². The molecule has 26 heavy (non-hydrogen) atoms. The van der Waals surface area contributed by atoms with Crippen molar-refractivity contribution in [1.29, 1.82) is 0 Å². The van der Waals surface area contributed by atoms with Gasteiger partial charge in [-0.3, -0.25) is 13.9 Å². The maximum Gasteiger partial charge on any atom is 0.442 e. The predicted molar refractivity (Wildman–Crippen MR) is 99.2 cm³/mol. The fourth-order valence-electron chi connectivity index (χ4n) is 3.33. The van der Waals surface area contributed by atoms with Crippen molar-refractivity contribution in [2.24, 2.45) is 0 Å². The molecule has 7 nitrogen and oxygen atoms in total. The van der Waals surface area contributed by atoms with Gasteiger partial charge >= 0.3 is 5.76 Å². The summed E-state index contributed by atoms with van der Waals surface area (Å²) in [5.41, 5.74) is 2.97. The minimum Gasteiger partial charge on any atom is -0.341 e. The van der Waals surface area contributed by atoms with E-state index >= 15 is 0 Å². The Labute approximate surface area is 148 Å². The molecule has 132 valence electrons. The number of para-hydroxylation sites is 1. The normalized spacial score (nSPS) is 11.3. The van der Waals surface area contributed by atoms with Crippen molar-refractivity contribution in [3.8, 4) is 0 Å². The zero-order chi connectivity index (χ0) is 18.3. The van der Waals surface area contributed by atoms with Gasteiger partial charge in [0.1, 0.15) is 6.54 Å². The van der Waals surface area contributed by atoms with Gasteiger partial charge in [-0.1, -0.05) is 23.4 Å². The number of nitrogens with zero attached hydrogens (tertiary/aromatic N) is 3. The van der Waals surface area contributed by atoms with Gasteiger partial charge in [0.2, 0.25) is 5.91 Å². The molecule has 1 N–H and O–H groups in total. The number of rotatable bonds is 4. The number of aromatic nitrogens is 3. The lowest BCUT2D eigenvalue weighted by molar-refractivity contribution is -0.116. The highest BCUT2D eigenvalue weighted by atomic mass is 16.5. The number of benzene rings is 2. The quantitative estimate of drug-likeness (QED) is 0.613. The van der Waals surface area contributed by atoms with Gasteiger partial charge in [0.25, 0.3) is 0 Å². The lowest BCUT2D eigenvalue weighted by atomic mass is 10.1. The fourth-order valence-corrected chi connectivity index (χ4v) is 3.33. The van der Waals surface area contributed by atoms with Crippen LogP contribution >= 0.6 is 0 Å². The number of carbonyl (C=O) groups is 1. The van der Waals surface area contributed by atoms with Crippen LogP contribution in [0.1, 0.15) is 12.7 Å². The smallest absolute Gasteiger partial charge is 0.341 e. The first-order valence-electron chi connectivity index (χ1n) is 8.42. The van der Waals surface area contributed by atoms with E-state index in [0.29, 0.717) is 11.5 Å². The Morgan fingerprint density at radius 3 is 2.62 bits per heavy atom. The Morgan fingerprint density at radius 1 is 1.12 bits per heavy atom. The molecule has 0 saturated heterocycles. The van der Waals surface area contributed by atoms with Gasteiger partial charge in [0.15, 0.2) is 5.82 Å². The van der Waals surface area contributed by atoms with Crippen molar-refractivity contribution in [1.82, 2.24) is 14.3 Å². The van der Waals surface area contributed by atoms with Crippen LogP contribution in [-0.2, 0) is 17.9 Å². The molecule has 0 aliphatic heterocycles. The summed E-state index contributed by atoms with van der Waals surface area (Å²) in [6.07, 6.45) is 0. The molecular formula is C19H18N4O3. The second kappa shape index (κ2) is 6.18. The lowest BCUT2D eigenvalue weighted by Crippen LogP contribution is -2.25. The highest BCUT2D eigenvalue weighted by Crippen LogP contribution is 2.30. The van der Waals surface area contributed by atoms with Gasteiger partial charge in [0.05, 0.1) is 0 Å². The molecule has 0 aliphatic rings. The summed E-state index contributed by atoms with van der Waals surface area (Å²) in [5.74, 6) is -0.581. The lowest BCUT2D eigenvalue weighted by Gasteiger charge is -2.07. The van der Waals surface area contributed by atoms with Crippen LogP contribution in [-0.4, -0.2) is 20.2 Å². The van der Waals surface area contributed by atoms with Crippen LogP contribution in [0.5, 0.6) is 0 Å². The molecule has 0 radical (unpaired) electrons. The van der Waals surface area contributed by atoms with E-state index in [4.69, 9.17) is 0 Å². The van der Waals surface area contributed by atoms with E-state index < -0.39 is 5.76 Å². The summed E-state index contributed by atoms with van der Waals surface area (Å²) in [4.78, 5) is 23.8. The van der Waals surface area contributed by atoms with Crippen LogP contribution in [0.3, 0.4) is 0 Å². The zero-order valence-corrected chi connectivity index (χ0v) is 14.5. The molecule has 0 saturated carbocycles. The molecule has 0 aliphatic carbocycles. The predicted octanol–water partition coefficient (Wildman–Crippen LogP) is 2.91. The topological polar surface area (TPSA) is 82.1 Å². The molecule has 2 aromatic heterocycles. The Balaban J connectivity index is 1.68. The van der Waals surface area contributed by atoms with E-state index in [0.717, 1.165) is 22.8 Å². The zero-order valence-electron chi connectivity index (χ0n) is 14.5. The molecule has 4 rings (SSSR count). The van der Waals surface area contributed by atoms with Crippen LogP contribution in [0.4, 0.5) is 5.69 Å². The van der Waals surface area contributed by atoms with Crippen LogP contribution in [0.2, 0.25) is 0 Å². The van der Waals surface area contributed by atoms with Crippen molar-refractivity contribution in [2.75, 3.05) is 5.32 Å². The Bertz CT molecular complexity index is 1180. The average Bonchev–Trinajstić information content (AvgIpc) is 3.13. The second-order valence-electron chi connectivity index (χ2n) is 6.12. The van der Waals surface area contributed by atoms with E-state index in [1.165, 1.54) is 10.1 Å². The molecule has 2 aromatic carbocycles. The summed E-state index contributed by atoms with van der Waals surface area (Å²) in [7, 11) is 0. The minimum absolute atomic E-state index is 0.136. The Kier molecular flexibility index (Phi) is 3.84. The van der Waals surface area contributed by atoms with Crippen molar-refractivity contribution in [3.63, 3.8) is 0 Å². The molecule has 0 fully saturated rings. The van der Waals surface area contributed by atoms with Crippen LogP contribution < -0.4 is 11.1 Å². The average molecular weight is 350 g/mol. The number of aryl methyl sites for hydroxylation is 2. The number of hydrogen-bond donors (Lipinski definition) is 1. The number of hydrogen-bond acceptors (Lipinski definition) is 4. The second-order valence-corrected chi connectivity index (χ2v) is 6.12. The third-order valence-electron chi connectivity index (χ3n) is 4.54. The van der Waals surface area contributed by atoms with Crippen LogP contribution in [0.15, 0.2) is 51.8 Å². The number of fused-ring (bicyclic) bond motifs is 3. The van der Waals surface area contributed by atoms with Gasteiger partial charge in [-0.2, -0.15) is 0 Å². The van der Waals surface area contributed by atoms with Crippen molar-refractivity contribution >= 4 is 33.4 Å². The molecule has 0 spiro atoms. The Morgan fingerprint density at radius 2 is 1.88 bits per heavy atom. The summed E-state index contributed by atoms with van der Waals surface area (Å²) >= 11 is 0. The number of anilines is 1. The molecule has 1 amide bonds. The first-order valence-corrected chi connectivity index (χ1v) is 8.42. The first-order chi connectivity index (χ1) is 12.6. The highest BCUT2D eigenvalue weighted by molar-refractivity contribution is 6.09. The minimum atomic E-state index is -0.640. The molecule has 0 atom stereocenters. The monoisotopic (exact) mass is 350 g/mol. The molecular weight excluding hydrogens is 332 g/mol. The van der Waals surface area contributed by atoms with E-state index in [9.17, 15) is 9.59 Å². The summed E-state index contributed by atoms with van der Waals surface area (Å²) in [5, 5.41) is 8.62. The number of carbonyl (C=O) groups excluding carboxylic acids is 1. The first kappa shape index (κ1) is 16.1. The van der Waals surface area contributed by atoms with Gasteiger partial charge in [-0.05, 0) is 38.1 Å². The molecule has 0 bridgehead atoms. The largest absolute Gasteiger partial charge is 0.442 e. The SMILES string of the molecule is CCn1c2ccccc2c2cc(NC(=O)Cn3c(C)noc3=O)ccc21. The fraction of sp³-hybridized carbons (Fsp3) is 0.211. The van der Waals surface area contributed by atoms with Crippen molar-refractivity contribution < 1.29 is 9.32 Å².